The van der Waals surface area contributed by atoms with E-state index in [2.05, 4.69) is 20.3 Å². The average Bonchev–Trinajstić information content (AvgIpc) is 2.63. The molecule has 0 bridgehead atoms. The number of nitrogens with zero attached hydrogens (tertiary/aromatic N) is 3. The number of rotatable bonds is 6. The number of aromatic nitrogens is 3. The lowest BCUT2D eigenvalue weighted by Crippen LogP contribution is -2.26. The second-order valence-electron chi connectivity index (χ2n) is 5.69. The smallest absolute Gasteiger partial charge is 0.166 e. The van der Waals surface area contributed by atoms with Crippen molar-refractivity contribution in [3.05, 3.63) is 48.3 Å². The van der Waals surface area contributed by atoms with Gasteiger partial charge >= 0.3 is 0 Å². The number of fused-ring (bicyclic) bond motifs is 1. The van der Waals surface area contributed by atoms with E-state index in [1.54, 1.807) is 20.3 Å². The quantitative estimate of drug-likeness (QED) is 0.713. The first-order valence-corrected chi connectivity index (χ1v) is 7.93. The first-order chi connectivity index (χ1) is 12.1. The molecule has 25 heavy (non-hydrogen) atoms. The highest BCUT2D eigenvalue weighted by atomic mass is 16.5. The Bertz CT molecular complexity index is 854. The fourth-order valence-electron chi connectivity index (χ4n) is 2.79. The van der Waals surface area contributed by atoms with Gasteiger partial charge in [0.05, 0.1) is 18.5 Å². The van der Waals surface area contributed by atoms with Crippen LogP contribution in [0, 0.1) is 0 Å². The molecule has 130 valence electrons. The third-order valence-electron chi connectivity index (χ3n) is 4.04. The number of ether oxygens (including phenoxy) is 2. The van der Waals surface area contributed by atoms with Crippen molar-refractivity contribution in [2.24, 2.45) is 0 Å². The fourth-order valence-corrected chi connectivity index (χ4v) is 2.79. The maximum atomic E-state index is 5.72. The van der Waals surface area contributed by atoms with Crippen molar-refractivity contribution in [1.29, 1.82) is 0 Å². The second-order valence-corrected chi connectivity index (χ2v) is 5.69. The van der Waals surface area contributed by atoms with E-state index in [1.807, 2.05) is 37.3 Å². The predicted octanol–water partition coefficient (Wildman–Crippen LogP) is 2.80. The Morgan fingerprint density at radius 3 is 2.48 bits per heavy atom. The minimum Gasteiger partial charge on any atom is -0.497 e. The van der Waals surface area contributed by atoms with Crippen molar-refractivity contribution >= 4 is 22.7 Å². The van der Waals surface area contributed by atoms with Gasteiger partial charge in [-0.2, -0.15) is 0 Å². The molecule has 1 aromatic carbocycles. The lowest BCUT2D eigenvalue weighted by molar-refractivity contribution is 0.0907. The van der Waals surface area contributed by atoms with Gasteiger partial charge in [0, 0.05) is 7.11 Å². The van der Waals surface area contributed by atoms with Crippen LogP contribution in [0.4, 0.5) is 11.6 Å². The zero-order valence-electron chi connectivity index (χ0n) is 14.4. The summed E-state index contributed by atoms with van der Waals surface area (Å²) in [6.45, 7) is 2.04. The molecule has 0 aliphatic rings. The van der Waals surface area contributed by atoms with Gasteiger partial charge in [-0.3, -0.25) is 0 Å². The molecule has 0 spiro atoms. The summed E-state index contributed by atoms with van der Waals surface area (Å²) in [5.41, 5.74) is 7.33. The molecule has 7 nitrogen and oxygen atoms in total. The van der Waals surface area contributed by atoms with Gasteiger partial charge in [0.15, 0.2) is 5.65 Å². The van der Waals surface area contributed by atoms with Crippen molar-refractivity contribution in [2.75, 3.05) is 25.3 Å². The summed E-state index contributed by atoms with van der Waals surface area (Å²) >= 11 is 0. The zero-order valence-corrected chi connectivity index (χ0v) is 14.4. The van der Waals surface area contributed by atoms with Crippen LogP contribution in [0.2, 0.25) is 0 Å². The Hall–Kier alpha value is -2.93. The molecule has 0 aliphatic carbocycles. The van der Waals surface area contributed by atoms with Crippen molar-refractivity contribution in [2.45, 2.75) is 19.1 Å². The summed E-state index contributed by atoms with van der Waals surface area (Å²) in [7, 11) is 3.33. The number of anilines is 2. The van der Waals surface area contributed by atoms with Crippen molar-refractivity contribution in [3.8, 4) is 5.75 Å². The molecule has 0 fully saturated rings. The minimum absolute atomic E-state index is 0.0333. The number of nitrogens with one attached hydrogen (secondary N) is 1. The lowest BCUT2D eigenvalue weighted by atomic mass is 10.0. The highest BCUT2D eigenvalue weighted by Crippen LogP contribution is 2.27. The maximum Gasteiger partial charge on any atom is 0.166 e. The Kier molecular flexibility index (Phi) is 4.95. The fraction of sp³-hybridized carbons (Fsp3) is 0.278. The van der Waals surface area contributed by atoms with Gasteiger partial charge in [0.2, 0.25) is 0 Å². The molecule has 0 saturated heterocycles. The van der Waals surface area contributed by atoms with Crippen molar-refractivity contribution in [1.82, 2.24) is 15.0 Å². The van der Waals surface area contributed by atoms with Gasteiger partial charge in [-0.25, -0.2) is 15.0 Å². The Labute approximate surface area is 146 Å². The second kappa shape index (κ2) is 7.31. The summed E-state index contributed by atoms with van der Waals surface area (Å²) in [6.07, 6.45) is 1.32. The third-order valence-corrected chi connectivity index (χ3v) is 4.04. The van der Waals surface area contributed by atoms with Crippen LogP contribution < -0.4 is 15.8 Å². The molecule has 7 heteroatoms. The van der Waals surface area contributed by atoms with E-state index in [4.69, 9.17) is 15.2 Å². The molecule has 2 aromatic heterocycles. The van der Waals surface area contributed by atoms with E-state index in [9.17, 15) is 0 Å². The number of hydrogen-bond acceptors (Lipinski definition) is 7. The molecule has 2 atom stereocenters. The zero-order chi connectivity index (χ0) is 17.8. The SMILES string of the molecule is COc1ccc([C@H](OC)[C@@H](C)Nc2ncnc3nc(N)ccc23)cc1. The predicted molar refractivity (Wildman–Crippen MR) is 97.6 cm³/mol. The lowest BCUT2D eigenvalue weighted by Gasteiger charge is -2.25. The monoisotopic (exact) mass is 339 g/mol. The van der Waals surface area contributed by atoms with E-state index in [0.29, 0.717) is 17.3 Å². The highest BCUT2D eigenvalue weighted by molar-refractivity contribution is 5.87. The topological polar surface area (TPSA) is 95.2 Å². The van der Waals surface area contributed by atoms with Crippen LogP contribution in [-0.4, -0.2) is 35.2 Å². The molecular formula is C18H21N5O2. The van der Waals surface area contributed by atoms with Gasteiger partial charge in [-0.1, -0.05) is 12.1 Å². The number of pyridine rings is 1. The van der Waals surface area contributed by atoms with Crippen LogP contribution >= 0.6 is 0 Å². The third kappa shape index (κ3) is 3.61. The molecule has 0 saturated carbocycles. The van der Waals surface area contributed by atoms with E-state index in [1.165, 1.54) is 6.33 Å². The Morgan fingerprint density at radius 2 is 1.80 bits per heavy atom. The summed E-state index contributed by atoms with van der Waals surface area (Å²) in [5, 5.41) is 4.21. The molecule has 0 aliphatic heterocycles. The first-order valence-electron chi connectivity index (χ1n) is 7.93. The summed E-state index contributed by atoms with van der Waals surface area (Å²) in [5.74, 6) is 1.93. The van der Waals surface area contributed by atoms with E-state index >= 15 is 0 Å². The molecule has 0 unspecified atom stereocenters. The number of hydrogen-bond donors (Lipinski definition) is 2. The standard InChI is InChI=1S/C18H21N5O2/c1-11(16(25-3)12-4-6-13(24-2)7-5-12)22-17-14-8-9-15(19)23-18(14)21-10-20-17/h4-11,16H,1-3H3,(H3,19,20,21,22,23)/t11-,16-/m1/s1. The number of nitrogen functional groups attached to an aromatic ring is 1. The van der Waals surface area contributed by atoms with Crippen molar-refractivity contribution < 1.29 is 9.47 Å². The summed E-state index contributed by atoms with van der Waals surface area (Å²) in [6, 6.07) is 11.4. The van der Waals surface area contributed by atoms with Crippen LogP contribution in [0.15, 0.2) is 42.7 Å². The Balaban J connectivity index is 1.85. The van der Waals surface area contributed by atoms with Crippen LogP contribution in [0.1, 0.15) is 18.6 Å². The largest absolute Gasteiger partial charge is 0.497 e. The molecule has 0 radical (unpaired) electrons. The number of methoxy groups -OCH3 is 2. The molecule has 3 N–H and O–H groups in total. The highest BCUT2D eigenvalue weighted by Gasteiger charge is 2.20. The normalized spacial score (nSPS) is 13.4. The number of benzene rings is 1. The summed E-state index contributed by atoms with van der Waals surface area (Å²) < 4.78 is 10.9. The Morgan fingerprint density at radius 1 is 1.04 bits per heavy atom. The molecule has 2 heterocycles. The minimum atomic E-state index is -0.155. The van der Waals surface area contributed by atoms with Gasteiger partial charge in [0.1, 0.15) is 29.8 Å². The van der Waals surface area contributed by atoms with E-state index < -0.39 is 0 Å². The summed E-state index contributed by atoms with van der Waals surface area (Å²) in [4.78, 5) is 12.7. The van der Waals surface area contributed by atoms with Crippen LogP contribution in [-0.2, 0) is 4.74 Å². The molecule has 3 rings (SSSR count). The van der Waals surface area contributed by atoms with E-state index in [-0.39, 0.29) is 12.1 Å². The first kappa shape index (κ1) is 16.9. The van der Waals surface area contributed by atoms with Gasteiger partial charge in [-0.05, 0) is 36.8 Å². The van der Waals surface area contributed by atoms with Gasteiger partial charge in [0.25, 0.3) is 0 Å². The average molecular weight is 339 g/mol. The van der Waals surface area contributed by atoms with Crippen LogP contribution in [0.3, 0.4) is 0 Å². The van der Waals surface area contributed by atoms with Gasteiger partial charge < -0.3 is 20.5 Å². The van der Waals surface area contributed by atoms with Crippen molar-refractivity contribution in [3.63, 3.8) is 0 Å². The van der Waals surface area contributed by atoms with Gasteiger partial charge in [-0.15, -0.1) is 0 Å². The molecule has 0 amide bonds. The van der Waals surface area contributed by atoms with E-state index in [0.717, 1.165) is 16.7 Å². The molecular weight excluding hydrogens is 318 g/mol. The molecule has 3 aromatic rings. The van der Waals surface area contributed by atoms with Crippen LogP contribution in [0.5, 0.6) is 5.75 Å². The number of nitrogens with two attached hydrogens (primary N) is 1. The van der Waals surface area contributed by atoms with Crippen LogP contribution in [0.25, 0.3) is 11.0 Å². The maximum absolute atomic E-state index is 5.72.